The molecule has 0 unspecified atom stereocenters. The molecular formula is C22H22N2O4. The van der Waals surface area contributed by atoms with Gasteiger partial charge in [-0.05, 0) is 55.7 Å². The Kier molecular flexibility index (Phi) is 4.55. The summed E-state index contributed by atoms with van der Waals surface area (Å²) in [6.07, 6.45) is 3.41. The Hall–Kier alpha value is -3.28. The minimum absolute atomic E-state index is 0.118. The summed E-state index contributed by atoms with van der Waals surface area (Å²) in [5, 5.41) is 3.93. The van der Waals surface area contributed by atoms with Gasteiger partial charge in [-0.1, -0.05) is 12.1 Å². The van der Waals surface area contributed by atoms with E-state index in [4.69, 9.17) is 9.47 Å². The van der Waals surface area contributed by atoms with E-state index < -0.39 is 11.4 Å². The predicted octanol–water partition coefficient (Wildman–Crippen LogP) is 4.02. The Labute approximate surface area is 162 Å². The number of fused-ring (bicyclic) bond motifs is 1. The van der Waals surface area contributed by atoms with Crippen molar-refractivity contribution in [2.75, 3.05) is 19.0 Å². The summed E-state index contributed by atoms with van der Waals surface area (Å²) in [7, 11) is 1.62. The lowest BCUT2D eigenvalue weighted by Gasteiger charge is -2.17. The molecule has 1 fully saturated rings. The summed E-state index contributed by atoms with van der Waals surface area (Å²) < 4.78 is 10.4. The molecule has 0 spiro atoms. The molecule has 6 nitrogen and oxygen atoms in total. The van der Waals surface area contributed by atoms with E-state index in [2.05, 4.69) is 10.3 Å². The van der Waals surface area contributed by atoms with Gasteiger partial charge in [-0.2, -0.15) is 0 Å². The number of amides is 1. The molecule has 1 amide bonds. The fourth-order valence-electron chi connectivity index (χ4n) is 3.59. The van der Waals surface area contributed by atoms with Crippen LogP contribution in [0.25, 0.3) is 10.9 Å². The number of carbonyl (C=O) groups is 2. The van der Waals surface area contributed by atoms with Crippen molar-refractivity contribution in [1.29, 1.82) is 0 Å². The highest BCUT2D eigenvalue weighted by molar-refractivity contribution is 6.07. The number of anilines is 1. The average Bonchev–Trinajstić information content (AvgIpc) is 3.41. The minimum atomic E-state index is -0.605. The van der Waals surface area contributed by atoms with Gasteiger partial charge >= 0.3 is 5.97 Å². The van der Waals surface area contributed by atoms with Crippen LogP contribution in [0, 0.1) is 0 Å². The summed E-state index contributed by atoms with van der Waals surface area (Å²) in [6.45, 7) is 2.03. The molecule has 1 aliphatic carbocycles. The molecule has 0 atom stereocenters. The van der Waals surface area contributed by atoms with Crippen LogP contribution in [-0.2, 0) is 14.9 Å². The number of hydrogen-bond donors (Lipinski definition) is 2. The number of esters is 1. The number of methoxy groups -OCH3 is 1. The largest absolute Gasteiger partial charge is 0.497 e. The third kappa shape index (κ3) is 3.01. The highest BCUT2D eigenvalue weighted by Gasteiger charge is 2.52. The van der Waals surface area contributed by atoms with Crippen molar-refractivity contribution >= 4 is 28.5 Å². The molecule has 0 aliphatic heterocycles. The summed E-state index contributed by atoms with van der Waals surface area (Å²) >= 11 is 0. The van der Waals surface area contributed by atoms with Crippen molar-refractivity contribution in [3.8, 4) is 5.75 Å². The number of hydrogen-bond acceptors (Lipinski definition) is 4. The number of H-pyrrole nitrogens is 1. The van der Waals surface area contributed by atoms with Gasteiger partial charge < -0.3 is 19.8 Å². The van der Waals surface area contributed by atoms with Gasteiger partial charge in [0, 0.05) is 17.1 Å². The number of aromatic amines is 1. The van der Waals surface area contributed by atoms with E-state index in [0.29, 0.717) is 11.3 Å². The van der Waals surface area contributed by atoms with Crippen molar-refractivity contribution in [2.24, 2.45) is 0 Å². The molecule has 1 saturated carbocycles. The lowest BCUT2D eigenvalue weighted by molar-refractivity contribution is -0.118. The van der Waals surface area contributed by atoms with Gasteiger partial charge in [0.15, 0.2) is 0 Å². The summed E-state index contributed by atoms with van der Waals surface area (Å²) in [5.41, 5.74) is 2.13. The summed E-state index contributed by atoms with van der Waals surface area (Å²) in [5.74, 6) is 0.185. The Morgan fingerprint density at radius 3 is 2.68 bits per heavy atom. The number of ether oxygens (including phenoxy) is 2. The smallest absolute Gasteiger partial charge is 0.340 e. The zero-order valence-corrected chi connectivity index (χ0v) is 15.9. The van der Waals surface area contributed by atoms with E-state index >= 15 is 0 Å². The number of para-hydroxylation sites is 1. The highest BCUT2D eigenvalue weighted by atomic mass is 16.5. The van der Waals surface area contributed by atoms with Crippen LogP contribution < -0.4 is 10.1 Å². The van der Waals surface area contributed by atoms with Gasteiger partial charge in [-0.15, -0.1) is 0 Å². The number of aromatic nitrogens is 1. The van der Waals surface area contributed by atoms with Crippen molar-refractivity contribution in [3.63, 3.8) is 0 Å². The van der Waals surface area contributed by atoms with Gasteiger partial charge in [0.05, 0.1) is 30.4 Å². The van der Waals surface area contributed by atoms with E-state index in [1.165, 1.54) is 0 Å². The van der Waals surface area contributed by atoms with E-state index in [9.17, 15) is 9.59 Å². The van der Waals surface area contributed by atoms with Crippen molar-refractivity contribution < 1.29 is 19.1 Å². The number of benzene rings is 2. The maximum absolute atomic E-state index is 13.2. The molecule has 3 aromatic rings. The van der Waals surface area contributed by atoms with E-state index in [0.717, 1.165) is 35.1 Å². The molecule has 1 aliphatic rings. The predicted molar refractivity (Wildman–Crippen MR) is 107 cm³/mol. The van der Waals surface area contributed by atoms with Gasteiger partial charge in [-0.3, -0.25) is 4.79 Å². The Bertz CT molecular complexity index is 1050. The molecule has 2 aromatic carbocycles. The molecule has 4 rings (SSSR count). The van der Waals surface area contributed by atoms with Gasteiger partial charge in [0.25, 0.3) is 0 Å². The normalized spacial score (nSPS) is 14.5. The first-order chi connectivity index (χ1) is 13.6. The zero-order chi connectivity index (χ0) is 19.7. The van der Waals surface area contributed by atoms with Crippen molar-refractivity contribution in [2.45, 2.75) is 25.2 Å². The molecule has 1 heterocycles. The Morgan fingerprint density at radius 1 is 1.18 bits per heavy atom. The van der Waals surface area contributed by atoms with Crippen LogP contribution in [0.15, 0.2) is 48.7 Å². The minimum Gasteiger partial charge on any atom is -0.497 e. The van der Waals surface area contributed by atoms with Crippen LogP contribution in [0.4, 0.5) is 5.69 Å². The second-order valence-electron chi connectivity index (χ2n) is 6.92. The van der Waals surface area contributed by atoms with Gasteiger partial charge in [-0.25, -0.2) is 4.79 Å². The molecule has 0 saturated heterocycles. The molecule has 0 radical (unpaired) electrons. The first kappa shape index (κ1) is 18.1. The van der Waals surface area contributed by atoms with Crippen LogP contribution in [0.2, 0.25) is 0 Å². The van der Waals surface area contributed by atoms with Crippen LogP contribution in [0.1, 0.15) is 35.7 Å². The van der Waals surface area contributed by atoms with Crippen LogP contribution in [0.3, 0.4) is 0 Å². The second kappa shape index (κ2) is 7.03. The SMILES string of the molecule is CCOC(=O)c1ccccc1NC(=O)C1(c2c[nH]c3ccc(OC)cc23)CC1. The van der Waals surface area contributed by atoms with E-state index in [1.54, 1.807) is 38.3 Å². The van der Waals surface area contributed by atoms with Crippen molar-refractivity contribution in [3.05, 3.63) is 59.8 Å². The fourth-order valence-corrected chi connectivity index (χ4v) is 3.59. The molecule has 0 bridgehead atoms. The maximum Gasteiger partial charge on any atom is 0.340 e. The monoisotopic (exact) mass is 378 g/mol. The molecule has 6 heteroatoms. The molecule has 2 N–H and O–H groups in total. The molecular weight excluding hydrogens is 356 g/mol. The quantitative estimate of drug-likeness (QED) is 0.635. The Morgan fingerprint density at radius 2 is 1.96 bits per heavy atom. The van der Waals surface area contributed by atoms with E-state index in [1.807, 2.05) is 24.4 Å². The zero-order valence-electron chi connectivity index (χ0n) is 15.9. The van der Waals surface area contributed by atoms with Crippen LogP contribution in [-0.4, -0.2) is 30.6 Å². The molecule has 28 heavy (non-hydrogen) atoms. The summed E-state index contributed by atoms with van der Waals surface area (Å²) in [6, 6.07) is 12.7. The lowest BCUT2D eigenvalue weighted by atomic mass is 9.94. The summed E-state index contributed by atoms with van der Waals surface area (Å²) in [4.78, 5) is 28.7. The lowest BCUT2D eigenvalue weighted by Crippen LogP contribution is -2.28. The number of rotatable bonds is 6. The Balaban J connectivity index is 1.66. The van der Waals surface area contributed by atoms with Gasteiger partial charge in [0.2, 0.25) is 5.91 Å². The maximum atomic E-state index is 13.2. The third-order valence-corrected chi connectivity index (χ3v) is 5.26. The molecule has 1 aromatic heterocycles. The topological polar surface area (TPSA) is 80.4 Å². The standard InChI is InChI=1S/C22H22N2O4/c1-3-28-20(25)15-6-4-5-7-19(15)24-21(26)22(10-11-22)17-13-23-18-9-8-14(27-2)12-16(17)18/h4-9,12-13,23H,3,10-11H2,1-2H3,(H,24,26). The highest BCUT2D eigenvalue weighted by Crippen LogP contribution is 2.51. The van der Waals surface area contributed by atoms with Crippen molar-refractivity contribution in [1.82, 2.24) is 4.98 Å². The third-order valence-electron chi connectivity index (χ3n) is 5.26. The number of carbonyl (C=O) groups excluding carboxylic acids is 2. The van der Waals surface area contributed by atoms with Crippen LogP contribution in [0.5, 0.6) is 5.75 Å². The molecule has 144 valence electrons. The fraction of sp³-hybridized carbons (Fsp3) is 0.273. The average molecular weight is 378 g/mol. The van der Waals surface area contributed by atoms with E-state index in [-0.39, 0.29) is 12.5 Å². The first-order valence-corrected chi connectivity index (χ1v) is 9.32. The first-order valence-electron chi connectivity index (χ1n) is 9.32. The van der Waals surface area contributed by atoms with Gasteiger partial charge in [0.1, 0.15) is 5.75 Å². The number of nitrogens with one attached hydrogen (secondary N) is 2. The van der Waals surface area contributed by atoms with Crippen LogP contribution >= 0.6 is 0 Å². The second-order valence-corrected chi connectivity index (χ2v) is 6.92.